The Bertz CT molecular complexity index is 491. The second kappa shape index (κ2) is 6.00. The Labute approximate surface area is 118 Å². The molecule has 6 nitrogen and oxygen atoms in total. The molecule has 2 heterocycles. The molecule has 0 saturated carbocycles. The summed E-state index contributed by atoms with van der Waals surface area (Å²) in [5.74, 6) is -0.411. The molecule has 2 amide bonds. The van der Waals surface area contributed by atoms with Gasteiger partial charge in [-0.2, -0.15) is 0 Å². The summed E-state index contributed by atoms with van der Waals surface area (Å²) < 4.78 is 0. The number of nitrogens with two attached hydrogens (primary N) is 1. The normalized spacial score (nSPS) is 21.8. The van der Waals surface area contributed by atoms with E-state index in [9.17, 15) is 9.59 Å². The average Bonchev–Trinajstić information content (AvgIpc) is 2.89. The Balaban J connectivity index is 1.83. The van der Waals surface area contributed by atoms with E-state index >= 15 is 0 Å². The summed E-state index contributed by atoms with van der Waals surface area (Å²) in [6.07, 6.45) is 2.45. The van der Waals surface area contributed by atoms with Crippen LogP contribution in [0.3, 0.4) is 0 Å². The molecule has 2 rings (SSSR count). The number of amides is 2. The van der Waals surface area contributed by atoms with Gasteiger partial charge in [-0.3, -0.25) is 14.6 Å². The van der Waals surface area contributed by atoms with Crippen LogP contribution in [0, 0.1) is 5.41 Å². The van der Waals surface area contributed by atoms with Crippen LogP contribution in [0.5, 0.6) is 0 Å². The van der Waals surface area contributed by atoms with Crippen molar-refractivity contribution >= 4 is 11.8 Å². The van der Waals surface area contributed by atoms with E-state index in [1.54, 1.807) is 29.3 Å². The minimum absolute atomic E-state index is 0.000649. The molecule has 1 aromatic rings. The molecule has 0 spiro atoms. The highest BCUT2D eigenvalue weighted by atomic mass is 16.2. The quantitative estimate of drug-likeness (QED) is 0.810. The van der Waals surface area contributed by atoms with Crippen molar-refractivity contribution in [1.82, 2.24) is 15.2 Å². The highest BCUT2D eigenvalue weighted by molar-refractivity contribution is 5.94. The van der Waals surface area contributed by atoms with Crippen LogP contribution in [-0.2, 0) is 4.79 Å². The fourth-order valence-corrected chi connectivity index (χ4v) is 2.26. The van der Waals surface area contributed by atoms with Crippen molar-refractivity contribution in [2.75, 3.05) is 26.2 Å². The molecule has 1 aromatic heterocycles. The van der Waals surface area contributed by atoms with Gasteiger partial charge in [0.25, 0.3) is 5.91 Å². The smallest absolute Gasteiger partial charge is 0.270 e. The summed E-state index contributed by atoms with van der Waals surface area (Å²) in [5.41, 5.74) is 6.03. The van der Waals surface area contributed by atoms with E-state index in [1.807, 2.05) is 0 Å². The van der Waals surface area contributed by atoms with Gasteiger partial charge in [0.15, 0.2) is 0 Å². The summed E-state index contributed by atoms with van der Waals surface area (Å²) in [6.45, 7) is 3.99. The van der Waals surface area contributed by atoms with Crippen LogP contribution in [0.15, 0.2) is 24.4 Å². The molecule has 108 valence electrons. The Morgan fingerprint density at radius 3 is 2.90 bits per heavy atom. The lowest BCUT2D eigenvalue weighted by atomic mass is 9.90. The van der Waals surface area contributed by atoms with Gasteiger partial charge in [-0.15, -0.1) is 0 Å². The van der Waals surface area contributed by atoms with Crippen LogP contribution < -0.4 is 11.1 Å². The van der Waals surface area contributed by atoms with Gasteiger partial charge in [-0.1, -0.05) is 13.0 Å². The van der Waals surface area contributed by atoms with Crippen molar-refractivity contribution < 1.29 is 9.59 Å². The molecular formula is C14H20N4O2. The Morgan fingerprint density at radius 1 is 1.50 bits per heavy atom. The molecule has 1 aliphatic heterocycles. The van der Waals surface area contributed by atoms with Crippen LogP contribution in [0.1, 0.15) is 23.8 Å². The van der Waals surface area contributed by atoms with Gasteiger partial charge in [0.05, 0.1) is 6.54 Å². The maximum Gasteiger partial charge on any atom is 0.270 e. The van der Waals surface area contributed by atoms with Gasteiger partial charge in [-0.25, -0.2) is 0 Å². The summed E-state index contributed by atoms with van der Waals surface area (Å²) in [4.78, 5) is 29.5. The molecule has 3 N–H and O–H groups in total. The maximum absolute atomic E-state index is 12.0. The molecule has 0 bridgehead atoms. The summed E-state index contributed by atoms with van der Waals surface area (Å²) in [6, 6.07) is 5.08. The highest BCUT2D eigenvalue weighted by Gasteiger charge is 2.34. The Morgan fingerprint density at radius 2 is 2.30 bits per heavy atom. The highest BCUT2D eigenvalue weighted by Crippen LogP contribution is 2.28. The molecular weight excluding hydrogens is 256 g/mol. The number of hydrogen-bond acceptors (Lipinski definition) is 4. The van der Waals surface area contributed by atoms with E-state index in [-0.39, 0.29) is 23.8 Å². The van der Waals surface area contributed by atoms with E-state index in [2.05, 4.69) is 17.2 Å². The lowest BCUT2D eigenvalue weighted by Gasteiger charge is -2.22. The second-order valence-electron chi connectivity index (χ2n) is 5.48. The van der Waals surface area contributed by atoms with Crippen LogP contribution in [0.4, 0.5) is 0 Å². The standard InChI is InChI=1S/C14H20N4O2/c1-14(9-15)5-7-18(10-14)12(19)8-17-13(20)11-4-2-3-6-16-11/h2-4,6H,5,7-10,15H2,1H3,(H,17,20). The molecule has 1 saturated heterocycles. The number of aromatic nitrogens is 1. The zero-order valence-electron chi connectivity index (χ0n) is 11.6. The first kappa shape index (κ1) is 14.5. The summed E-state index contributed by atoms with van der Waals surface area (Å²) >= 11 is 0. The maximum atomic E-state index is 12.0. The van der Waals surface area contributed by atoms with Crippen molar-refractivity contribution in [3.05, 3.63) is 30.1 Å². The monoisotopic (exact) mass is 276 g/mol. The topological polar surface area (TPSA) is 88.3 Å². The lowest BCUT2D eigenvalue weighted by Crippen LogP contribution is -2.41. The second-order valence-corrected chi connectivity index (χ2v) is 5.48. The van der Waals surface area contributed by atoms with Gasteiger partial charge < -0.3 is 16.0 Å². The molecule has 20 heavy (non-hydrogen) atoms. The van der Waals surface area contributed by atoms with Crippen LogP contribution in [-0.4, -0.2) is 47.9 Å². The lowest BCUT2D eigenvalue weighted by molar-refractivity contribution is -0.129. The average molecular weight is 276 g/mol. The molecule has 1 fully saturated rings. The van der Waals surface area contributed by atoms with Crippen molar-refractivity contribution in [1.29, 1.82) is 0 Å². The van der Waals surface area contributed by atoms with Crippen molar-refractivity contribution in [2.45, 2.75) is 13.3 Å². The van der Waals surface area contributed by atoms with Gasteiger partial charge in [-0.05, 0) is 30.5 Å². The SMILES string of the molecule is CC1(CN)CCN(C(=O)CNC(=O)c2ccccn2)C1. The third kappa shape index (κ3) is 3.33. The molecule has 1 aliphatic rings. The third-order valence-corrected chi connectivity index (χ3v) is 3.70. The van der Waals surface area contributed by atoms with Crippen molar-refractivity contribution in [3.8, 4) is 0 Å². The van der Waals surface area contributed by atoms with Crippen LogP contribution in [0.2, 0.25) is 0 Å². The number of pyridine rings is 1. The minimum Gasteiger partial charge on any atom is -0.342 e. The third-order valence-electron chi connectivity index (χ3n) is 3.70. The number of likely N-dealkylation sites (tertiary alicyclic amines) is 1. The Hall–Kier alpha value is -1.95. The van der Waals surface area contributed by atoms with E-state index in [4.69, 9.17) is 5.73 Å². The first-order valence-corrected chi connectivity index (χ1v) is 6.71. The van der Waals surface area contributed by atoms with E-state index < -0.39 is 0 Å². The molecule has 1 atom stereocenters. The molecule has 6 heteroatoms. The van der Waals surface area contributed by atoms with E-state index in [0.29, 0.717) is 25.3 Å². The van der Waals surface area contributed by atoms with Gasteiger partial charge in [0.1, 0.15) is 5.69 Å². The fraction of sp³-hybridized carbons (Fsp3) is 0.500. The van der Waals surface area contributed by atoms with Crippen LogP contribution >= 0.6 is 0 Å². The van der Waals surface area contributed by atoms with Gasteiger partial charge >= 0.3 is 0 Å². The van der Waals surface area contributed by atoms with Gasteiger partial charge in [0.2, 0.25) is 5.91 Å². The molecule has 0 radical (unpaired) electrons. The number of nitrogens with one attached hydrogen (secondary N) is 1. The minimum atomic E-state index is -0.334. The fourth-order valence-electron chi connectivity index (χ4n) is 2.26. The molecule has 1 unspecified atom stereocenters. The van der Waals surface area contributed by atoms with E-state index in [0.717, 1.165) is 6.42 Å². The largest absolute Gasteiger partial charge is 0.342 e. The summed E-state index contributed by atoms with van der Waals surface area (Å²) in [7, 11) is 0. The molecule has 0 aromatic carbocycles. The predicted octanol–water partition coefficient (Wildman–Crippen LogP) is 0.00870. The van der Waals surface area contributed by atoms with Crippen LogP contribution in [0.25, 0.3) is 0 Å². The van der Waals surface area contributed by atoms with Gasteiger partial charge in [0, 0.05) is 19.3 Å². The zero-order valence-corrected chi connectivity index (χ0v) is 11.6. The number of nitrogens with zero attached hydrogens (tertiary/aromatic N) is 2. The van der Waals surface area contributed by atoms with Crippen molar-refractivity contribution in [2.24, 2.45) is 11.1 Å². The predicted molar refractivity (Wildman–Crippen MR) is 74.9 cm³/mol. The zero-order chi connectivity index (χ0) is 14.6. The Kier molecular flexibility index (Phi) is 4.34. The summed E-state index contributed by atoms with van der Waals surface area (Å²) in [5, 5.41) is 2.60. The first-order valence-electron chi connectivity index (χ1n) is 6.71. The first-order chi connectivity index (χ1) is 9.54. The number of rotatable bonds is 4. The van der Waals surface area contributed by atoms with E-state index in [1.165, 1.54) is 0 Å². The molecule has 0 aliphatic carbocycles. The van der Waals surface area contributed by atoms with Crippen molar-refractivity contribution in [3.63, 3.8) is 0 Å². The number of hydrogen-bond donors (Lipinski definition) is 2. The number of carbonyl (C=O) groups is 2. The number of carbonyl (C=O) groups excluding carboxylic acids is 2.